The van der Waals surface area contributed by atoms with E-state index >= 15 is 0 Å². The molecule has 0 aliphatic heterocycles. The van der Waals surface area contributed by atoms with Crippen molar-refractivity contribution in [3.05, 3.63) is 0 Å². The minimum Gasteiger partial charge on any atom is -0.444 e. The van der Waals surface area contributed by atoms with Gasteiger partial charge in [-0.25, -0.2) is 4.79 Å². The van der Waals surface area contributed by atoms with Crippen LogP contribution in [0.1, 0.15) is 73.6 Å². The van der Waals surface area contributed by atoms with E-state index in [1.54, 1.807) is 0 Å². The molecule has 4 bridgehead atoms. The lowest BCUT2D eigenvalue weighted by atomic mass is 9.39. The summed E-state index contributed by atoms with van der Waals surface area (Å²) >= 11 is 0. The zero-order valence-corrected chi connectivity index (χ0v) is 14.5. The van der Waals surface area contributed by atoms with Gasteiger partial charge in [-0.2, -0.15) is 0 Å². The van der Waals surface area contributed by atoms with Crippen LogP contribution in [0.25, 0.3) is 0 Å². The molecule has 1 N–H and O–H groups in total. The van der Waals surface area contributed by atoms with Gasteiger partial charge in [0, 0.05) is 5.54 Å². The molecule has 0 heterocycles. The lowest BCUT2D eigenvalue weighted by molar-refractivity contribution is -0.153. The third kappa shape index (κ3) is 2.57. The topological polar surface area (TPSA) is 38.3 Å². The van der Waals surface area contributed by atoms with Crippen molar-refractivity contribution >= 4 is 6.09 Å². The second kappa shape index (κ2) is 4.17. The number of hydrogen-bond acceptors (Lipinski definition) is 2. The van der Waals surface area contributed by atoms with Crippen molar-refractivity contribution in [1.29, 1.82) is 0 Å². The predicted molar refractivity (Wildman–Crippen MR) is 84.1 cm³/mol. The highest BCUT2D eigenvalue weighted by molar-refractivity contribution is 5.69. The molecule has 3 nitrogen and oxygen atoms in total. The molecule has 0 spiro atoms. The van der Waals surface area contributed by atoms with Crippen LogP contribution in [-0.4, -0.2) is 17.2 Å². The molecule has 4 aliphatic carbocycles. The summed E-state index contributed by atoms with van der Waals surface area (Å²) in [4.78, 5) is 12.3. The predicted octanol–water partition coefficient (Wildman–Crippen LogP) is 4.51. The Morgan fingerprint density at radius 1 is 1.14 bits per heavy atom. The van der Waals surface area contributed by atoms with E-state index < -0.39 is 5.60 Å². The Balaban J connectivity index is 1.81. The number of amides is 1. The lowest BCUT2D eigenvalue weighted by Crippen LogP contribution is -2.67. The Bertz CT molecular complexity index is 468. The van der Waals surface area contributed by atoms with E-state index in [9.17, 15) is 4.79 Å². The highest BCUT2D eigenvalue weighted by atomic mass is 16.6. The van der Waals surface area contributed by atoms with E-state index in [-0.39, 0.29) is 11.6 Å². The third-order valence-electron chi connectivity index (χ3n) is 6.32. The summed E-state index contributed by atoms with van der Waals surface area (Å²) in [5.41, 5.74) is 0.327. The minimum atomic E-state index is -0.423. The molecular weight excluding hydrogens is 262 g/mol. The molecule has 4 aliphatic rings. The first-order valence-electron chi connectivity index (χ1n) is 8.46. The van der Waals surface area contributed by atoms with Gasteiger partial charge in [0.2, 0.25) is 0 Å². The quantitative estimate of drug-likeness (QED) is 0.772. The summed E-state index contributed by atoms with van der Waals surface area (Å²) < 4.78 is 5.52. The number of ether oxygens (including phenoxy) is 1. The first kappa shape index (κ1) is 15.2. The zero-order valence-electron chi connectivity index (χ0n) is 14.5. The van der Waals surface area contributed by atoms with Crippen LogP contribution in [0.4, 0.5) is 4.79 Å². The molecule has 1 amide bonds. The van der Waals surface area contributed by atoms with Crippen LogP contribution in [0.2, 0.25) is 0 Å². The highest BCUT2D eigenvalue weighted by Gasteiger charge is 2.63. The van der Waals surface area contributed by atoms with Crippen LogP contribution in [0.3, 0.4) is 0 Å². The summed E-state index contributed by atoms with van der Waals surface area (Å²) in [6.07, 6.45) is 5.80. The van der Waals surface area contributed by atoms with Gasteiger partial charge in [-0.1, -0.05) is 20.8 Å². The molecule has 120 valence electrons. The third-order valence-corrected chi connectivity index (χ3v) is 6.32. The molecule has 4 fully saturated rings. The Kier molecular flexibility index (Phi) is 3.01. The monoisotopic (exact) mass is 293 g/mol. The van der Waals surface area contributed by atoms with E-state index in [1.807, 2.05) is 20.8 Å². The second-order valence-electron chi connectivity index (χ2n) is 9.86. The molecule has 0 aromatic carbocycles. The van der Waals surface area contributed by atoms with Crippen LogP contribution in [-0.2, 0) is 4.74 Å². The molecule has 0 aromatic rings. The number of carbonyl (C=O) groups excluding carboxylic acids is 1. The average molecular weight is 293 g/mol. The minimum absolute atomic E-state index is 0.0283. The van der Waals surface area contributed by atoms with Crippen molar-refractivity contribution < 1.29 is 9.53 Å². The van der Waals surface area contributed by atoms with E-state index in [2.05, 4.69) is 26.1 Å². The Morgan fingerprint density at radius 3 is 2.38 bits per heavy atom. The van der Waals surface area contributed by atoms with Gasteiger partial charge in [0.1, 0.15) is 5.60 Å². The van der Waals surface area contributed by atoms with Crippen LogP contribution >= 0.6 is 0 Å². The van der Waals surface area contributed by atoms with Crippen molar-refractivity contribution in [3.63, 3.8) is 0 Å². The van der Waals surface area contributed by atoms with Gasteiger partial charge in [-0.15, -0.1) is 0 Å². The average Bonchev–Trinajstić information content (AvgIpc) is 2.18. The maximum atomic E-state index is 12.3. The van der Waals surface area contributed by atoms with E-state index in [0.29, 0.717) is 10.8 Å². The van der Waals surface area contributed by atoms with E-state index in [4.69, 9.17) is 4.74 Å². The largest absolute Gasteiger partial charge is 0.444 e. The van der Waals surface area contributed by atoms with Crippen molar-refractivity contribution in [2.45, 2.75) is 84.8 Å². The fourth-order valence-electron chi connectivity index (χ4n) is 6.15. The molecule has 21 heavy (non-hydrogen) atoms. The number of nitrogens with one attached hydrogen (secondary N) is 1. The fourth-order valence-corrected chi connectivity index (χ4v) is 6.15. The maximum Gasteiger partial charge on any atom is 0.408 e. The summed E-state index contributed by atoms with van der Waals surface area (Å²) in [5, 5.41) is 3.29. The standard InChI is InChI=1S/C18H31NO2/c1-12-13-7-16(5)9-17(12,6)11-18(8-13,10-16)19-14(20)21-15(2,3)4/h12-13H,7-11H2,1-6H3,(H,19,20). The molecular formula is C18H31NO2. The van der Waals surface area contributed by atoms with Gasteiger partial charge in [-0.05, 0) is 75.5 Å². The smallest absolute Gasteiger partial charge is 0.408 e. The van der Waals surface area contributed by atoms with Crippen LogP contribution in [0.15, 0.2) is 0 Å². The molecule has 3 heteroatoms. The van der Waals surface area contributed by atoms with E-state index in [0.717, 1.165) is 31.1 Å². The second-order valence-corrected chi connectivity index (χ2v) is 9.86. The van der Waals surface area contributed by atoms with Gasteiger partial charge < -0.3 is 10.1 Å². The van der Waals surface area contributed by atoms with Crippen LogP contribution in [0, 0.1) is 22.7 Å². The molecule has 0 radical (unpaired) electrons. The highest BCUT2D eigenvalue weighted by Crippen LogP contribution is 2.68. The Morgan fingerprint density at radius 2 is 1.81 bits per heavy atom. The van der Waals surface area contributed by atoms with Crippen molar-refractivity contribution in [3.8, 4) is 0 Å². The Labute approximate surface area is 129 Å². The number of alkyl carbamates (subject to hydrolysis) is 1. The molecule has 0 aromatic heterocycles. The van der Waals surface area contributed by atoms with E-state index in [1.165, 1.54) is 12.8 Å². The zero-order chi connectivity index (χ0) is 15.7. The summed E-state index contributed by atoms with van der Waals surface area (Å²) in [5.74, 6) is 1.53. The molecule has 0 saturated heterocycles. The number of hydrogen-bond donors (Lipinski definition) is 1. The first-order valence-corrected chi connectivity index (χ1v) is 8.46. The summed E-state index contributed by atoms with van der Waals surface area (Å²) in [7, 11) is 0. The van der Waals surface area contributed by atoms with Crippen molar-refractivity contribution in [2.75, 3.05) is 0 Å². The lowest BCUT2D eigenvalue weighted by Gasteiger charge is -2.68. The van der Waals surface area contributed by atoms with Crippen molar-refractivity contribution in [2.24, 2.45) is 22.7 Å². The van der Waals surface area contributed by atoms with Gasteiger partial charge in [0.05, 0.1) is 0 Å². The molecule has 5 atom stereocenters. The summed E-state index contributed by atoms with van der Waals surface area (Å²) in [6.45, 7) is 13.1. The summed E-state index contributed by atoms with van der Waals surface area (Å²) in [6, 6.07) is 0. The van der Waals surface area contributed by atoms with Gasteiger partial charge in [0.25, 0.3) is 0 Å². The number of carbonyl (C=O) groups is 1. The van der Waals surface area contributed by atoms with Crippen LogP contribution in [0.5, 0.6) is 0 Å². The fraction of sp³-hybridized carbons (Fsp3) is 0.944. The van der Waals surface area contributed by atoms with Gasteiger partial charge in [-0.3, -0.25) is 0 Å². The van der Waals surface area contributed by atoms with Gasteiger partial charge >= 0.3 is 6.09 Å². The maximum absolute atomic E-state index is 12.3. The normalized spacial score (nSPS) is 48.3. The Hall–Kier alpha value is -0.730. The number of rotatable bonds is 1. The van der Waals surface area contributed by atoms with Crippen molar-refractivity contribution in [1.82, 2.24) is 5.32 Å². The molecule has 4 saturated carbocycles. The molecule has 5 unspecified atom stereocenters. The first-order chi connectivity index (χ1) is 9.45. The van der Waals surface area contributed by atoms with Crippen LogP contribution < -0.4 is 5.32 Å². The SMILES string of the molecule is CC1C2CC3(C)CC(NC(=O)OC(C)(C)C)(C2)CC1(C)C3. The van der Waals surface area contributed by atoms with Gasteiger partial charge in [0.15, 0.2) is 0 Å². The molecule has 4 rings (SSSR count).